The number of hydrogen-bond donors (Lipinski definition) is 1. The Morgan fingerprint density at radius 2 is 1.84 bits per heavy atom. The fourth-order valence-electron chi connectivity index (χ4n) is 5.70. The van der Waals surface area contributed by atoms with Crippen molar-refractivity contribution in [2.75, 3.05) is 61.9 Å². The third-order valence-corrected chi connectivity index (χ3v) is 7.94. The number of aromatic nitrogens is 3. The summed E-state index contributed by atoms with van der Waals surface area (Å²) in [5.41, 5.74) is 11.4. The number of fused-ring (bicyclic) bond motifs is 1. The van der Waals surface area contributed by atoms with Gasteiger partial charge in [-0.05, 0) is 45.4 Å². The molecule has 2 N–H and O–H groups in total. The summed E-state index contributed by atoms with van der Waals surface area (Å²) in [6.45, 7) is 10.9. The normalized spacial score (nSPS) is 17.8. The highest BCUT2D eigenvalue weighted by Gasteiger charge is 2.34. The van der Waals surface area contributed by atoms with Crippen LogP contribution in [0.4, 0.5) is 17.5 Å². The highest BCUT2D eigenvalue weighted by atomic mass is 35.5. The number of halogens is 1. The van der Waals surface area contributed by atoms with Crippen molar-refractivity contribution in [1.82, 2.24) is 19.9 Å². The molecule has 8 nitrogen and oxygen atoms in total. The van der Waals surface area contributed by atoms with Gasteiger partial charge in [0.1, 0.15) is 16.7 Å². The van der Waals surface area contributed by atoms with E-state index in [0.29, 0.717) is 11.7 Å². The molecule has 1 aromatic carbocycles. The van der Waals surface area contributed by atoms with Crippen LogP contribution in [0.3, 0.4) is 0 Å². The van der Waals surface area contributed by atoms with Gasteiger partial charge in [-0.25, -0.2) is 4.98 Å². The van der Waals surface area contributed by atoms with Gasteiger partial charge in [0.2, 0.25) is 5.95 Å². The molecule has 1 fully saturated rings. The molecule has 0 aliphatic carbocycles. The number of hydrogen-bond acceptors (Lipinski definition) is 8. The molecular weight excluding hydrogens is 486 g/mol. The first-order chi connectivity index (χ1) is 17.9. The Kier molecular flexibility index (Phi) is 7.67. The second-order valence-electron chi connectivity index (χ2n) is 10.0. The first kappa shape index (κ1) is 25.5. The lowest BCUT2D eigenvalue weighted by molar-refractivity contribution is 0.251. The van der Waals surface area contributed by atoms with Crippen LogP contribution in [0.2, 0.25) is 5.15 Å². The molecular formula is C28H36ClN7O. The Morgan fingerprint density at radius 3 is 2.57 bits per heavy atom. The molecule has 5 rings (SSSR count). The zero-order chi connectivity index (χ0) is 25.9. The van der Waals surface area contributed by atoms with Crippen molar-refractivity contribution < 1.29 is 4.74 Å². The van der Waals surface area contributed by atoms with E-state index in [1.165, 1.54) is 5.69 Å². The molecule has 2 aliphatic heterocycles. The van der Waals surface area contributed by atoms with Gasteiger partial charge in [-0.15, -0.1) is 0 Å². The third-order valence-electron chi connectivity index (χ3n) is 7.66. The summed E-state index contributed by atoms with van der Waals surface area (Å²) in [6, 6.07) is 10.7. The van der Waals surface area contributed by atoms with Crippen molar-refractivity contribution in [3.63, 3.8) is 0 Å². The second-order valence-corrected chi connectivity index (χ2v) is 10.4. The summed E-state index contributed by atoms with van der Waals surface area (Å²) < 4.78 is 5.62. The molecule has 3 aromatic rings. The maximum atomic E-state index is 6.63. The number of methoxy groups -OCH3 is 1. The molecule has 0 bridgehead atoms. The maximum absolute atomic E-state index is 6.63. The van der Waals surface area contributed by atoms with Crippen molar-refractivity contribution in [3.8, 4) is 5.75 Å². The maximum Gasteiger partial charge on any atom is 0.223 e. The zero-order valence-corrected chi connectivity index (χ0v) is 22.7. The largest absolute Gasteiger partial charge is 0.496 e. The van der Waals surface area contributed by atoms with E-state index in [2.05, 4.69) is 61.9 Å². The van der Waals surface area contributed by atoms with Gasteiger partial charge in [0.15, 0.2) is 0 Å². The van der Waals surface area contributed by atoms with Crippen LogP contribution in [0.1, 0.15) is 41.1 Å². The third kappa shape index (κ3) is 5.45. The topological polar surface area (TPSA) is 83.6 Å². The Hall–Kier alpha value is -3.10. The number of anilines is 3. The number of nitrogens with two attached hydrogens (primary N) is 1. The quantitative estimate of drug-likeness (QED) is 0.436. The number of pyridine rings is 1. The summed E-state index contributed by atoms with van der Waals surface area (Å²) >= 11 is 6.63. The minimum atomic E-state index is 0.205. The molecule has 2 aliphatic rings. The summed E-state index contributed by atoms with van der Waals surface area (Å²) in [4.78, 5) is 20.9. The molecule has 1 atom stereocenters. The molecule has 196 valence electrons. The van der Waals surface area contributed by atoms with Crippen LogP contribution in [0, 0.1) is 13.8 Å². The number of benzene rings is 1. The zero-order valence-electron chi connectivity index (χ0n) is 22.0. The van der Waals surface area contributed by atoms with Crippen molar-refractivity contribution in [2.45, 2.75) is 39.2 Å². The minimum absolute atomic E-state index is 0.205. The fraction of sp³-hybridized carbons (Fsp3) is 0.464. The van der Waals surface area contributed by atoms with Gasteiger partial charge in [0.05, 0.1) is 19.3 Å². The molecule has 1 unspecified atom stereocenters. The second kappa shape index (κ2) is 11.1. The summed E-state index contributed by atoms with van der Waals surface area (Å²) in [5, 5.41) is 0.470. The van der Waals surface area contributed by atoms with Crippen molar-refractivity contribution in [2.24, 2.45) is 0 Å². The number of aryl methyl sites for hydroxylation is 1. The van der Waals surface area contributed by atoms with Crippen LogP contribution in [-0.4, -0.2) is 66.2 Å². The van der Waals surface area contributed by atoms with Crippen LogP contribution in [0.15, 0.2) is 36.5 Å². The monoisotopic (exact) mass is 521 g/mol. The lowest BCUT2D eigenvalue weighted by atomic mass is 9.98. The predicted molar refractivity (Wildman–Crippen MR) is 150 cm³/mol. The first-order valence-corrected chi connectivity index (χ1v) is 13.4. The lowest BCUT2D eigenvalue weighted by Gasteiger charge is -2.36. The molecule has 0 saturated carbocycles. The lowest BCUT2D eigenvalue weighted by Crippen LogP contribution is -2.46. The molecule has 0 amide bonds. The van der Waals surface area contributed by atoms with Gasteiger partial charge in [0.25, 0.3) is 0 Å². The molecule has 0 radical (unpaired) electrons. The van der Waals surface area contributed by atoms with Gasteiger partial charge in [0, 0.05) is 67.2 Å². The van der Waals surface area contributed by atoms with Crippen LogP contribution < -0.4 is 20.3 Å². The number of nitrogens with zero attached hydrogens (tertiary/aromatic N) is 6. The Morgan fingerprint density at radius 1 is 1.08 bits per heavy atom. The average Bonchev–Trinajstić information content (AvgIpc) is 3.24. The van der Waals surface area contributed by atoms with E-state index < -0.39 is 0 Å². The minimum Gasteiger partial charge on any atom is -0.496 e. The van der Waals surface area contributed by atoms with Crippen LogP contribution in [0.5, 0.6) is 5.75 Å². The number of ether oxygens (including phenoxy) is 1. The van der Waals surface area contributed by atoms with E-state index in [4.69, 9.17) is 27.1 Å². The van der Waals surface area contributed by atoms with Gasteiger partial charge in [-0.1, -0.05) is 29.8 Å². The fourth-order valence-corrected chi connectivity index (χ4v) is 6.02. The predicted octanol–water partition coefficient (Wildman–Crippen LogP) is 4.44. The van der Waals surface area contributed by atoms with E-state index in [1.807, 2.05) is 13.1 Å². The number of nitrogen functional groups attached to an aromatic ring is 1. The molecule has 37 heavy (non-hydrogen) atoms. The van der Waals surface area contributed by atoms with Crippen LogP contribution >= 0.6 is 11.6 Å². The van der Waals surface area contributed by atoms with Crippen molar-refractivity contribution in [1.29, 1.82) is 0 Å². The van der Waals surface area contributed by atoms with Crippen LogP contribution in [0.25, 0.3) is 0 Å². The first-order valence-electron chi connectivity index (χ1n) is 13.0. The average molecular weight is 522 g/mol. The van der Waals surface area contributed by atoms with E-state index in [0.717, 1.165) is 86.1 Å². The van der Waals surface area contributed by atoms with E-state index in [-0.39, 0.29) is 11.9 Å². The SMILES string of the molecule is COc1c(C)cnc(CN2CC(CCCN3CCN(c4ccccc4)CC3)c3c(Cl)nc(N)nc32)c1C. The summed E-state index contributed by atoms with van der Waals surface area (Å²) in [6.07, 6.45) is 3.99. The summed E-state index contributed by atoms with van der Waals surface area (Å²) in [5.74, 6) is 2.19. The number of rotatable bonds is 8. The van der Waals surface area contributed by atoms with Gasteiger partial charge in [-0.3, -0.25) is 9.88 Å². The Labute approximate surface area is 224 Å². The van der Waals surface area contributed by atoms with Crippen molar-refractivity contribution in [3.05, 3.63) is 64.1 Å². The summed E-state index contributed by atoms with van der Waals surface area (Å²) in [7, 11) is 1.70. The van der Waals surface area contributed by atoms with Crippen LogP contribution in [-0.2, 0) is 6.54 Å². The Bertz CT molecular complexity index is 1230. The molecule has 2 aromatic heterocycles. The van der Waals surface area contributed by atoms with Gasteiger partial charge < -0.3 is 20.3 Å². The highest BCUT2D eigenvalue weighted by Crippen LogP contribution is 2.42. The standard InChI is InChI=1S/C28H36ClN7O/c1-19-16-31-23(20(2)25(19)37-3)18-36-17-21(24-26(29)32-28(30)33-27(24)36)8-7-11-34-12-14-35(15-13-34)22-9-5-4-6-10-22/h4-6,9-10,16,21H,7-8,11-15,17-18H2,1-3H3,(H2,30,32,33). The van der Waals surface area contributed by atoms with E-state index in [1.54, 1.807) is 7.11 Å². The smallest absolute Gasteiger partial charge is 0.223 e. The van der Waals surface area contributed by atoms with E-state index in [9.17, 15) is 0 Å². The van der Waals surface area contributed by atoms with Gasteiger partial charge >= 0.3 is 0 Å². The highest BCUT2D eigenvalue weighted by molar-refractivity contribution is 6.30. The molecule has 0 spiro atoms. The molecule has 4 heterocycles. The molecule has 9 heteroatoms. The van der Waals surface area contributed by atoms with Gasteiger partial charge in [-0.2, -0.15) is 4.98 Å². The Balaban J connectivity index is 1.23. The molecule has 1 saturated heterocycles. The number of para-hydroxylation sites is 1. The van der Waals surface area contributed by atoms with E-state index >= 15 is 0 Å². The van der Waals surface area contributed by atoms with Crippen molar-refractivity contribution >= 4 is 29.1 Å². The number of piperazine rings is 1.